The highest BCUT2D eigenvalue weighted by molar-refractivity contribution is 5.78. The Morgan fingerprint density at radius 3 is 2.50 bits per heavy atom. The van der Waals surface area contributed by atoms with Gasteiger partial charge < -0.3 is 10.0 Å². The lowest BCUT2D eigenvalue weighted by Crippen LogP contribution is -2.39. The molecule has 1 aliphatic heterocycles. The number of carbonyl (C=O) groups is 1. The number of benzene rings is 1. The van der Waals surface area contributed by atoms with Gasteiger partial charge in [0.05, 0.1) is 6.10 Å². The van der Waals surface area contributed by atoms with Crippen molar-refractivity contribution in [3.8, 4) is 0 Å². The average molecular weight is 316 g/mol. The molecule has 2 rings (SSSR count). The van der Waals surface area contributed by atoms with Crippen LogP contribution in [0.1, 0.15) is 18.4 Å². The molecule has 0 spiro atoms. The Balaban J connectivity index is 1.87. The fourth-order valence-corrected chi connectivity index (χ4v) is 2.64. The zero-order valence-electron chi connectivity index (χ0n) is 12.4. The molecule has 0 bridgehead atoms. The third-order valence-electron chi connectivity index (χ3n) is 3.62. The van der Waals surface area contributed by atoms with Gasteiger partial charge in [-0.25, -0.2) is 13.2 Å². The first kappa shape index (κ1) is 16.8. The van der Waals surface area contributed by atoms with E-state index in [1.165, 1.54) is 0 Å². The van der Waals surface area contributed by atoms with Crippen LogP contribution < -0.4 is 0 Å². The summed E-state index contributed by atoms with van der Waals surface area (Å²) in [6.45, 7) is 1.30. The molecule has 0 aliphatic carbocycles. The summed E-state index contributed by atoms with van der Waals surface area (Å²) in [5.41, 5.74) is 0.281. The van der Waals surface area contributed by atoms with E-state index in [2.05, 4.69) is 0 Å². The van der Waals surface area contributed by atoms with Crippen LogP contribution >= 0.6 is 0 Å². The number of hydrogen-bond donors (Lipinski definition) is 1. The molecule has 7 heteroatoms. The Labute approximate surface area is 127 Å². The van der Waals surface area contributed by atoms with E-state index in [0.29, 0.717) is 13.0 Å². The summed E-state index contributed by atoms with van der Waals surface area (Å²) in [5, 5.41) is 9.99. The predicted molar refractivity (Wildman–Crippen MR) is 74.5 cm³/mol. The molecule has 0 saturated carbocycles. The molecular formula is C15H19F3N2O2. The Bertz CT molecular complexity index is 531. The minimum Gasteiger partial charge on any atom is -0.390 e. The Morgan fingerprint density at radius 1 is 1.32 bits per heavy atom. The number of hydrogen-bond acceptors (Lipinski definition) is 3. The molecule has 0 aromatic heterocycles. The SMILES string of the molecule is CN(Cc1cc(F)c(F)c(F)c1)CC(O)CN1CCCC1=O. The summed E-state index contributed by atoms with van der Waals surface area (Å²) in [4.78, 5) is 14.7. The Kier molecular flexibility index (Phi) is 5.42. The van der Waals surface area contributed by atoms with E-state index in [0.717, 1.165) is 18.6 Å². The van der Waals surface area contributed by atoms with E-state index in [4.69, 9.17) is 0 Å². The number of amides is 1. The van der Waals surface area contributed by atoms with Crippen molar-refractivity contribution in [2.75, 3.05) is 26.7 Å². The van der Waals surface area contributed by atoms with E-state index in [1.54, 1.807) is 16.8 Å². The van der Waals surface area contributed by atoms with Gasteiger partial charge in [-0.15, -0.1) is 0 Å². The van der Waals surface area contributed by atoms with Crippen molar-refractivity contribution < 1.29 is 23.1 Å². The molecule has 0 radical (unpaired) electrons. The van der Waals surface area contributed by atoms with Gasteiger partial charge in [-0.1, -0.05) is 0 Å². The highest BCUT2D eigenvalue weighted by Gasteiger charge is 2.23. The molecule has 1 aromatic carbocycles. The third-order valence-corrected chi connectivity index (χ3v) is 3.62. The summed E-state index contributed by atoms with van der Waals surface area (Å²) in [5.74, 6) is -3.92. The van der Waals surface area contributed by atoms with Crippen molar-refractivity contribution in [1.82, 2.24) is 9.80 Å². The second kappa shape index (κ2) is 7.11. The molecule has 1 aromatic rings. The van der Waals surface area contributed by atoms with Gasteiger partial charge in [-0.05, 0) is 31.2 Å². The number of nitrogens with zero attached hydrogens (tertiary/aromatic N) is 2. The number of β-amino-alcohol motifs (C(OH)–C–C–N with tert-alkyl or cyclic N) is 1. The summed E-state index contributed by atoms with van der Waals surface area (Å²) >= 11 is 0. The summed E-state index contributed by atoms with van der Waals surface area (Å²) < 4.78 is 39.2. The van der Waals surface area contributed by atoms with E-state index >= 15 is 0 Å². The maximum atomic E-state index is 13.1. The quantitative estimate of drug-likeness (QED) is 0.809. The summed E-state index contributed by atoms with van der Waals surface area (Å²) in [7, 11) is 1.67. The number of aliphatic hydroxyl groups is 1. The molecule has 4 nitrogen and oxygen atoms in total. The van der Waals surface area contributed by atoms with Crippen molar-refractivity contribution in [3.05, 3.63) is 35.1 Å². The smallest absolute Gasteiger partial charge is 0.222 e. The number of carbonyl (C=O) groups excluding carboxylic acids is 1. The Hall–Kier alpha value is -1.60. The fraction of sp³-hybridized carbons (Fsp3) is 0.533. The first-order valence-electron chi connectivity index (χ1n) is 7.14. The first-order chi connectivity index (χ1) is 10.4. The maximum absolute atomic E-state index is 13.1. The second-order valence-corrected chi connectivity index (χ2v) is 5.67. The lowest BCUT2D eigenvalue weighted by molar-refractivity contribution is -0.129. The zero-order valence-corrected chi connectivity index (χ0v) is 12.4. The highest BCUT2D eigenvalue weighted by atomic mass is 19.2. The van der Waals surface area contributed by atoms with Crippen molar-refractivity contribution in [2.45, 2.75) is 25.5 Å². The van der Waals surface area contributed by atoms with Gasteiger partial charge >= 0.3 is 0 Å². The zero-order chi connectivity index (χ0) is 16.3. The molecular weight excluding hydrogens is 297 g/mol. The molecule has 1 atom stereocenters. The van der Waals surface area contributed by atoms with Crippen molar-refractivity contribution >= 4 is 5.91 Å². The lowest BCUT2D eigenvalue weighted by atomic mass is 10.2. The van der Waals surface area contributed by atoms with Crippen LogP contribution in [-0.4, -0.2) is 53.6 Å². The van der Waals surface area contributed by atoms with Gasteiger partial charge in [0, 0.05) is 32.6 Å². The van der Waals surface area contributed by atoms with Gasteiger partial charge in [0.15, 0.2) is 17.5 Å². The molecule has 1 aliphatic rings. The molecule has 1 saturated heterocycles. The van der Waals surface area contributed by atoms with Crippen molar-refractivity contribution in [2.24, 2.45) is 0 Å². The standard InChI is InChI=1S/C15H19F3N2O2/c1-19(7-10-5-12(16)15(18)13(17)6-10)8-11(21)9-20-4-2-3-14(20)22/h5-6,11,21H,2-4,7-9H2,1H3. The van der Waals surface area contributed by atoms with Crippen LogP contribution in [0.4, 0.5) is 13.2 Å². The minimum atomic E-state index is -1.49. The molecule has 1 N–H and O–H groups in total. The van der Waals surface area contributed by atoms with Crippen LogP contribution in [0, 0.1) is 17.5 Å². The molecule has 1 amide bonds. The largest absolute Gasteiger partial charge is 0.390 e. The number of rotatable bonds is 6. The second-order valence-electron chi connectivity index (χ2n) is 5.67. The fourth-order valence-electron chi connectivity index (χ4n) is 2.64. The van der Waals surface area contributed by atoms with E-state index in [-0.39, 0.29) is 31.1 Å². The van der Waals surface area contributed by atoms with Gasteiger partial charge in [0.25, 0.3) is 0 Å². The van der Waals surface area contributed by atoms with Gasteiger partial charge in [0.2, 0.25) is 5.91 Å². The molecule has 22 heavy (non-hydrogen) atoms. The maximum Gasteiger partial charge on any atom is 0.222 e. The topological polar surface area (TPSA) is 43.8 Å². The van der Waals surface area contributed by atoms with Crippen LogP contribution in [0.25, 0.3) is 0 Å². The number of likely N-dealkylation sites (N-methyl/N-ethyl adjacent to an activating group) is 1. The van der Waals surface area contributed by atoms with Crippen molar-refractivity contribution in [1.29, 1.82) is 0 Å². The molecule has 122 valence electrons. The highest BCUT2D eigenvalue weighted by Crippen LogP contribution is 2.15. The molecule has 1 heterocycles. The van der Waals surface area contributed by atoms with Crippen LogP contribution in [0.2, 0.25) is 0 Å². The monoisotopic (exact) mass is 316 g/mol. The van der Waals surface area contributed by atoms with Crippen LogP contribution in [-0.2, 0) is 11.3 Å². The molecule has 1 unspecified atom stereocenters. The van der Waals surface area contributed by atoms with E-state index < -0.39 is 23.6 Å². The van der Waals surface area contributed by atoms with Crippen LogP contribution in [0.15, 0.2) is 12.1 Å². The van der Waals surface area contributed by atoms with Crippen LogP contribution in [0.3, 0.4) is 0 Å². The van der Waals surface area contributed by atoms with Gasteiger partial charge in [-0.2, -0.15) is 0 Å². The third kappa shape index (κ3) is 4.20. The molecule has 1 fully saturated rings. The van der Waals surface area contributed by atoms with E-state index in [1.807, 2.05) is 0 Å². The predicted octanol–water partition coefficient (Wildman–Crippen LogP) is 1.52. The summed E-state index contributed by atoms with van der Waals surface area (Å²) in [6, 6.07) is 1.87. The van der Waals surface area contributed by atoms with Crippen LogP contribution in [0.5, 0.6) is 0 Å². The van der Waals surface area contributed by atoms with Gasteiger partial charge in [-0.3, -0.25) is 9.69 Å². The average Bonchev–Trinajstić information content (AvgIpc) is 2.81. The minimum absolute atomic E-state index is 0.0318. The lowest BCUT2D eigenvalue weighted by Gasteiger charge is -2.24. The number of likely N-dealkylation sites (tertiary alicyclic amines) is 1. The normalized spacial score (nSPS) is 16.6. The number of halogens is 3. The summed E-state index contributed by atoms with van der Waals surface area (Å²) in [6.07, 6.45) is 0.564. The van der Waals surface area contributed by atoms with Gasteiger partial charge in [0.1, 0.15) is 0 Å². The van der Waals surface area contributed by atoms with E-state index in [9.17, 15) is 23.1 Å². The first-order valence-corrected chi connectivity index (χ1v) is 7.14. The Morgan fingerprint density at radius 2 is 1.95 bits per heavy atom. The number of aliphatic hydroxyl groups excluding tert-OH is 1. The van der Waals surface area contributed by atoms with Crippen molar-refractivity contribution in [3.63, 3.8) is 0 Å².